The summed E-state index contributed by atoms with van der Waals surface area (Å²) < 4.78 is 19.4. The third-order valence-corrected chi connectivity index (χ3v) is 6.97. The van der Waals surface area contributed by atoms with Gasteiger partial charge in [0.1, 0.15) is 32.2 Å². The number of carboxylic acids is 1. The van der Waals surface area contributed by atoms with Crippen LogP contribution in [-0.4, -0.2) is 66.5 Å². The van der Waals surface area contributed by atoms with E-state index < -0.39 is 28.7 Å². The maximum Gasteiger partial charge on any atom is 0.333 e. The van der Waals surface area contributed by atoms with Crippen LogP contribution >= 0.6 is 0 Å². The second-order valence-electron chi connectivity index (χ2n) is 11.7. The van der Waals surface area contributed by atoms with E-state index in [1.807, 2.05) is 39.8 Å². The van der Waals surface area contributed by atoms with Crippen molar-refractivity contribution in [2.24, 2.45) is 10.8 Å². The zero-order valence-electron chi connectivity index (χ0n) is 28.5. The van der Waals surface area contributed by atoms with Gasteiger partial charge in [-0.1, -0.05) is 46.4 Å². The number of phenolic OH excluding ortho intramolecular Hbond substituents is 1. The molecule has 0 spiro atoms. The standard InChI is InChI=1S/C12H20O6.C12H20O4.C10H14O/c1-4-12(2,3)11(16)18-8-7-17-10(15)6-5-9(13)14;1-6-12(4,5)11(14)16-8-7-15-10(13)9(2)3;1-3-8(2)9-4-6-10(11)7-5-9/h4-8H2,1-3H3,(H,13,14);2,6-8H2,1,3-5H3;4-8,11H,3H2,1-2H3. The molecule has 0 heterocycles. The molecule has 0 aliphatic carbocycles. The highest BCUT2D eigenvalue weighted by molar-refractivity contribution is 5.86. The molecule has 0 amide bonds. The molecular weight excluding hydrogens is 584 g/mol. The minimum Gasteiger partial charge on any atom is -0.508 e. The van der Waals surface area contributed by atoms with E-state index in [1.165, 1.54) is 5.56 Å². The smallest absolute Gasteiger partial charge is 0.333 e. The van der Waals surface area contributed by atoms with Crippen molar-refractivity contribution in [3.8, 4) is 5.75 Å². The van der Waals surface area contributed by atoms with Gasteiger partial charge in [-0.2, -0.15) is 0 Å². The Morgan fingerprint density at radius 2 is 1.18 bits per heavy atom. The van der Waals surface area contributed by atoms with Gasteiger partial charge in [0.15, 0.2) is 0 Å². The van der Waals surface area contributed by atoms with E-state index in [0.29, 0.717) is 30.1 Å². The van der Waals surface area contributed by atoms with Crippen molar-refractivity contribution in [1.82, 2.24) is 0 Å². The van der Waals surface area contributed by atoms with E-state index in [1.54, 1.807) is 32.9 Å². The van der Waals surface area contributed by atoms with Gasteiger partial charge in [0.05, 0.1) is 23.7 Å². The second-order valence-corrected chi connectivity index (χ2v) is 11.7. The van der Waals surface area contributed by atoms with Crippen molar-refractivity contribution in [3.05, 3.63) is 42.0 Å². The number of hydrogen-bond donors (Lipinski definition) is 2. The molecule has 0 aliphatic rings. The Hall–Kier alpha value is -3.89. The Kier molecular flexibility index (Phi) is 21.7. The van der Waals surface area contributed by atoms with Gasteiger partial charge in [-0.05, 0) is 77.5 Å². The molecular formula is C34H54O11. The lowest BCUT2D eigenvalue weighted by Crippen LogP contribution is -2.27. The molecule has 45 heavy (non-hydrogen) atoms. The fourth-order valence-corrected chi connectivity index (χ4v) is 2.68. The molecule has 0 saturated heterocycles. The molecule has 1 rings (SSSR count). The molecule has 11 heteroatoms. The maximum absolute atomic E-state index is 11.5. The molecule has 1 atom stereocenters. The van der Waals surface area contributed by atoms with Gasteiger partial charge in [0.2, 0.25) is 0 Å². The van der Waals surface area contributed by atoms with Gasteiger partial charge in [-0.25, -0.2) is 4.79 Å². The number of benzene rings is 1. The number of aromatic hydroxyl groups is 1. The minimum absolute atomic E-state index is 0.0128. The largest absolute Gasteiger partial charge is 0.508 e. The molecule has 0 fully saturated rings. The summed E-state index contributed by atoms with van der Waals surface area (Å²) in [6, 6.07) is 7.43. The number of carbonyl (C=O) groups excluding carboxylic acids is 4. The van der Waals surface area contributed by atoms with Crippen LogP contribution in [0.4, 0.5) is 0 Å². The first-order valence-electron chi connectivity index (χ1n) is 15.2. The zero-order chi connectivity index (χ0) is 35.2. The van der Waals surface area contributed by atoms with Gasteiger partial charge in [-0.3, -0.25) is 19.2 Å². The summed E-state index contributed by atoms with van der Waals surface area (Å²) in [4.78, 5) is 55.2. The van der Waals surface area contributed by atoms with Crippen molar-refractivity contribution in [1.29, 1.82) is 0 Å². The summed E-state index contributed by atoms with van der Waals surface area (Å²) in [5.41, 5.74) is 0.594. The van der Waals surface area contributed by atoms with Crippen LogP contribution in [0.15, 0.2) is 36.4 Å². The number of phenols is 1. The average molecular weight is 639 g/mol. The van der Waals surface area contributed by atoms with Crippen LogP contribution in [0.1, 0.15) is 106 Å². The van der Waals surface area contributed by atoms with Crippen molar-refractivity contribution in [2.75, 3.05) is 26.4 Å². The molecule has 1 aromatic carbocycles. The number of hydrogen-bond acceptors (Lipinski definition) is 10. The fraction of sp³-hybridized carbons (Fsp3) is 0.618. The van der Waals surface area contributed by atoms with Crippen molar-refractivity contribution >= 4 is 29.8 Å². The van der Waals surface area contributed by atoms with E-state index in [9.17, 15) is 24.0 Å². The topological polar surface area (TPSA) is 163 Å². The molecule has 0 radical (unpaired) electrons. The highest BCUT2D eigenvalue weighted by Crippen LogP contribution is 2.22. The Bertz CT molecular complexity index is 1070. The van der Waals surface area contributed by atoms with Gasteiger partial charge in [0.25, 0.3) is 0 Å². The molecule has 0 bridgehead atoms. The van der Waals surface area contributed by atoms with Crippen molar-refractivity contribution < 1.29 is 53.1 Å². The SMILES string of the molecule is C=C(C)C(=O)OCCOC(=O)C(C)(C)CC.CCC(C)(C)C(=O)OCCOC(=O)CCC(=O)O.CCC(C)c1ccc(O)cc1. The summed E-state index contributed by atoms with van der Waals surface area (Å²) in [5.74, 6) is -1.81. The van der Waals surface area contributed by atoms with Crippen LogP contribution in [0.2, 0.25) is 0 Å². The van der Waals surface area contributed by atoms with Crippen molar-refractivity contribution in [3.63, 3.8) is 0 Å². The molecule has 0 saturated carbocycles. The summed E-state index contributed by atoms with van der Waals surface area (Å²) in [6.45, 7) is 20.4. The second kappa shape index (κ2) is 22.6. The molecule has 11 nitrogen and oxygen atoms in total. The number of rotatable bonds is 16. The number of carbonyl (C=O) groups is 5. The number of aliphatic carboxylic acids is 1. The van der Waals surface area contributed by atoms with Crippen LogP contribution in [0.25, 0.3) is 0 Å². The number of ether oxygens (including phenoxy) is 4. The van der Waals surface area contributed by atoms with Crippen molar-refractivity contribution in [2.45, 2.75) is 100 Å². The van der Waals surface area contributed by atoms with E-state index in [-0.39, 0.29) is 51.2 Å². The summed E-state index contributed by atoms with van der Waals surface area (Å²) in [6.07, 6.45) is 2.07. The maximum atomic E-state index is 11.5. The van der Waals surface area contributed by atoms with Gasteiger partial charge in [-0.15, -0.1) is 0 Å². The first-order chi connectivity index (χ1) is 20.8. The third-order valence-electron chi connectivity index (χ3n) is 6.97. The average Bonchev–Trinajstić information content (AvgIpc) is 3.00. The number of esters is 4. The molecule has 2 N–H and O–H groups in total. The fourth-order valence-electron chi connectivity index (χ4n) is 2.68. The molecule has 0 aromatic heterocycles. The molecule has 1 unspecified atom stereocenters. The normalized spacial score (nSPS) is 11.3. The quantitative estimate of drug-likeness (QED) is 0.0896. The Morgan fingerprint density at radius 1 is 0.756 bits per heavy atom. The molecule has 0 aliphatic heterocycles. The lowest BCUT2D eigenvalue weighted by molar-refractivity contribution is -0.159. The highest BCUT2D eigenvalue weighted by Gasteiger charge is 2.27. The van der Waals surface area contributed by atoms with E-state index >= 15 is 0 Å². The minimum atomic E-state index is -1.05. The lowest BCUT2D eigenvalue weighted by atomic mass is 9.91. The van der Waals surface area contributed by atoms with Gasteiger partial charge in [0, 0.05) is 5.57 Å². The molecule has 256 valence electrons. The number of carboxylic acid groups (broad SMARTS) is 1. The predicted octanol–water partition coefficient (Wildman–Crippen LogP) is 6.36. The van der Waals surface area contributed by atoms with E-state index in [0.717, 1.165) is 6.42 Å². The lowest BCUT2D eigenvalue weighted by Gasteiger charge is -2.20. The Balaban J connectivity index is 0. The third kappa shape index (κ3) is 20.7. The van der Waals surface area contributed by atoms with Crippen LogP contribution in [0.3, 0.4) is 0 Å². The van der Waals surface area contributed by atoms with E-state index in [4.69, 9.17) is 29.2 Å². The summed E-state index contributed by atoms with van der Waals surface area (Å²) in [7, 11) is 0. The Morgan fingerprint density at radius 3 is 1.56 bits per heavy atom. The Labute approximate surface area is 268 Å². The molecule has 1 aromatic rings. The van der Waals surface area contributed by atoms with Crippen LogP contribution in [0, 0.1) is 10.8 Å². The van der Waals surface area contributed by atoms with Crippen LogP contribution < -0.4 is 0 Å². The summed E-state index contributed by atoms with van der Waals surface area (Å²) in [5, 5.41) is 17.4. The van der Waals surface area contributed by atoms with Gasteiger partial charge < -0.3 is 29.2 Å². The zero-order valence-corrected chi connectivity index (χ0v) is 28.5. The monoisotopic (exact) mass is 638 g/mol. The first kappa shape index (κ1) is 43.2. The van der Waals surface area contributed by atoms with Gasteiger partial charge >= 0.3 is 29.8 Å². The van der Waals surface area contributed by atoms with E-state index in [2.05, 4.69) is 20.4 Å². The van der Waals surface area contributed by atoms with Crippen LogP contribution in [-0.2, 0) is 42.9 Å². The van der Waals surface area contributed by atoms with Crippen LogP contribution in [0.5, 0.6) is 5.75 Å². The highest BCUT2D eigenvalue weighted by atomic mass is 16.6. The summed E-state index contributed by atoms with van der Waals surface area (Å²) >= 11 is 0. The first-order valence-corrected chi connectivity index (χ1v) is 15.2. The predicted molar refractivity (Wildman–Crippen MR) is 170 cm³/mol.